The van der Waals surface area contributed by atoms with Gasteiger partial charge in [-0.25, -0.2) is 0 Å². The van der Waals surface area contributed by atoms with Gasteiger partial charge < -0.3 is 16.0 Å². The van der Waals surface area contributed by atoms with Crippen molar-refractivity contribution in [2.45, 2.75) is 57.9 Å². The van der Waals surface area contributed by atoms with Crippen molar-refractivity contribution in [2.75, 3.05) is 19.6 Å². The highest BCUT2D eigenvalue weighted by atomic mass is 35.5. The molecule has 0 aromatic rings. The topological polar surface area (TPSA) is 75.4 Å². The van der Waals surface area contributed by atoms with E-state index in [-0.39, 0.29) is 30.1 Å². The molecule has 1 unspecified atom stereocenters. The van der Waals surface area contributed by atoms with Gasteiger partial charge in [-0.15, -0.1) is 12.4 Å². The number of halogens is 1. The van der Waals surface area contributed by atoms with Crippen LogP contribution < -0.4 is 11.1 Å². The minimum atomic E-state index is -0.158. The Morgan fingerprint density at radius 2 is 1.95 bits per heavy atom. The summed E-state index contributed by atoms with van der Waals surface area (Å²) >= 11 is 0. The number of carbonyl (C=O) groups excluding carboxylic acids is 2. The number of carbonyl (C=O) groups is 2. The molecule has 1 aliphatic carbocycles. The molecule has 0 radical (unpaired) electrons. The molecular formula is C16H30ClN3O2. The highest BCUT2D eigenvalue weighted by Gasteiger charge is 2.38. The molecule has 1 aliphatic heterocycles. The van der Waals surface area contributed by atoms with Crippen molar-refractivity contribution < 1.29 is 9.59 Å². The van der Waals surface area contributed by atoms with E-state index in [1.54, 1.807) is 0 Å². The molecule has 2 fully saturated rings. The summed E-state index contributed by atoms with van der Waals surface area (Å²) < 4.78 is 0. The summed E-state index contributed by atoms with van der Waals surface area (Å²) in [5, 5.41) is 2.94. The van der Waals surface area contributed by atoms with Crippen LogP contribution in [0, 0.1) is 11.8 Å². The minimum Gasteiger partial charge on any atom is -0.356 e. The van der Waals surface area contributed by atoms with E-state index in [0.29, 0.717) is 32.1 Å². The average molecular weight is 332 g/mol. The maximum atomic E-state index is 12.2. The maximum absolute atomic E-state index is 12.2. The number of nitrogens with one attached hydrogen (secondary N) is 1. The fraction of sp³-hybridized carbons (Fsp3) is 0.875. The third-order valence-electron chi connectivity index (χ3n) is 4.89. The van der Waals surface area contributed by atoms with E-state index in [2.05, 4.69) is 12.2 Å². The van der Waals surface area contributed by atoms with Crippen LogP contribution in [-0.2, 0) is 9.59 Å². The van der Waals surface area contributed by atoms with Crippen LogP contribution in [0.4, 0.5) is 0 Å². The van der Waals surface area contributed by atoms with Crippen LogP contribution in [0.25, 0.3) is 0 Å². The molecule has 2 aliphatic rings. The Morgan fingerprint density at radius 1 is 1.27 bits per heavy atom. The van der Waals surface area contributed by atoms with Crippen molar-refractivity contribution in [3.05, 3.63) is 0 Å². The molecule has 5 nitrogen and oxygen atoms in total. The molecule has 1 saturated carbocycles. The summed E-state index contributed by atoms with van der Waals surface area (Å²) in [7, 11) is 0. The molecule has 6 heteroatoms. The summed E-state index contributed by atoms with van der Waals surface area (Å²) in [5.41, 5.74) is 5.43. The molecule has 2 amide bonds. The van der Waals surface area contributed by atoms with Crippen molar-refractivity contribution in [3.63, 3.8) is 0 Å². The molecule has 22 heavy (non-hydrogen) atoms. The first-order chi connectivity index (χ1) is 10.1. The quantitative estimate of drug-likeness (QED) is 0.727. The molecular weight excluding hydrogens is 302 g/mol. The molecule has 0 spiro atoms. The lowest BCUT2D eigenvalue weighted by Gasteiger charge is -2.33. The Balaban J connectivity index is 0.00000242. The molecule has 0 bridgehead atoms. The zero-order valence-corrected chi connectivity index (χ0v) is 14.4. The van der Waals surface area contributed by atoms with E-state index in [1.165, 1.54) is 12.8 Å². The van der Waals surface area contributed by atoms with E-state index < -0.39 is 0 Å². The number of rotatable bonds is 6. The van der Waals surface area contributed by atoms with Gasteiger partial charge in [-0.2, -0.15) is 0 Å². The van der Waals surface area contributed by atoms with Crippen LogP contribution in [-0.4, -0.2) is 42.4 Å². The van der Waals surface area contributed by atoms with Crippen molar-refractivity contribution >= 4 is 24.2 Å². The van der Waals surface area contributed by atoms with E-state index >= 15 is 0 Å². The van der Waals surface area contributed by atoms with Gasteiger partial charge in [-0.1, -0.05) is 6.92 Å². The second-order valence-electron chi connectivity index (χ2n) is 6.65. The van der Waals surface area contributed by atoms with Gasteiger partial charge in [-0.05, 0) is 51.0 Å². The maximum Gasteiger partial charge on any atom is 0.225 e. The lowest BCUT2D eigenvalue weighted by Crippen LogP contribution is -2.40. The number of nitrogens with two attached hydrogens (primary N) is 1. The first kappa shape index (κ1) is 19.2. The van der Waals surface area contributed by atoms with Gasteiger partial charge in [0.05, 0.1) is 5.92 Å². The molecule has 3 N–H and O–H groups in total. The lowest BCUT2D eigenvalue weighted by atomic mass is 9.87. The molecule has 0 aromatic carbocycles. The standard InChI is InChI=1S/C16H29N3O2.ClH/c1-12-4-6-14(7-5-12)19-11-13(10-15(19)20)16(21)18-9-3-2-8-17;/h12-14H,2-11,17H2,1H3,(H,18,21);1H. The van der Waals surface area contributed by atoms with E-state index in [9.17, 15) is 9.59 Å². The van der Waals surface area contributed by atoms with Crippen molar-refractivity contribution in [2.24, 2.45) is 17.6 Å². The summed E-state index contributed by atoms with van der Waals surface area (Å²) in [6.45, 7) is 4.22. The van der Waals surface area contributed by atoms with Gasteiger partial charge in [0.2, 0.25) is 11.8 Å². The largest absolute Gasteiger partial charge is 0.356 e. The van der Waals surface area contributed by atoms with Crippen LogP contribution in [0.3, 0.4) is 0 Å². The second kappa shape index (κ2) is 9.36. The summed E-state index contributed by atoms with van der Waals surface area (Å²) in [6, 6.07) is 0.365. The number of likely N-dealkylation sites (tertiary alicyclic amines) is 1. The zero-order valence-electron chi connectivity index (χ0n) is 13.6. The monoisotopic (exact) mass is 331 g/mol. The molecule has 1 heterocycles. The minimum absolute atomic E-state index is 0. The predicted molar refractivity (Wildman–Crippen MR) is 89.8 cm³/mol. The SMILES string of the molecule is CC1CCC(N2CC(C(=O)NCCCCN)CC2=O)CC1.Cl. The van der Waals surface area contributed by atoms with Crippen molar-refractivity contribution in [1.82, 2.24) is 10.2 Å². The van der Waals surface area contributed by atoms with Crippen LogP contribution in [0.5, 0.6) is 0 Å². The summed E-state index contributed by atoms with van der Waals surface area (Å²) in [5.74, 6) is 0.819. The van der Waals surface area contributed by atoms with E-state index in [1.807, 2.05) is 4.90 Å². The van der Waals surface area contributed by atoms with Gasteiger partial charge in [0.25, 0.3) is 0 Å². The number of nitrogens with zero attached hydrogens (tertiary/aromatic N) is 1. The van der Waals surface area contributed by atoms with Crippen molar-refractivity contribution in [3.8, 4) is 0 Å². The number of unbranched alkanes of at least 4 members (excludes halogenated alkanes) is 1. The van der Waals surface area contributed by atoms with Gasteiger partial charge in [0.1, 0.15) is 0 Å². The Kier molecular flexibility index (Phi) is 8.18. The summed E-state index contributed by atoms with van der Waals surface area (Å²) in [6.07, 6.45) is 6.81. The molecule has 1 atom stereocenters. The Morgan fingerprint density at radius 3 is 2.59 bits per heavy atom. The van der Waals surface area contributed by atoms with Crippen LogP contribution in [0.2, 0.25) is 0 Å². The van der Waals surface area contributed by atoms with Crippen LogP contribution in [0.15, 0.2) is 0 Å². The smallest absolute Gasteiger partial charge is 0.225 e. The van der Waals surface area contributed by atoms with E-state index in [4.69, 9.17) is 5.73 Å². The highest BCUT2D eigenvalue weighted by Crippen LogP contribution is 2.31. The summed E-state index contributed by atoms with van der Waals surface area (Å²) in [4.78, 5) is 26.3. The molecule has 128 valence electrons. The van der Waals surface area contributed by atoms with E-state index in [0.717, 1.165) is 31.6 Å². The first-order valence-electron chi connectivity index (χ1n) is 8.39. The normalized spacial score (nSPS) is 28.4. The number of amides is 2. The van der Waals surface area contributed by atoms with Crippen LogP contribution in [0.1, 0.15) is 51.9 Å². The van der Waals surface area contributed by atoms with Gasteiger partial charge >= 0.3 is 0 Å². The Bertz CT molecular complexity index is 370. The molecule has 1 saturated heterocycles. The third kappa shape index (κ3) is 5.13. The first-order valence-corrected chi connectivity index (χ1v) is 8.39. The zero-order chi connectivity index (χ0) is 15.2. The Labute approximate surface area is 139 Å². The Hall–Kier alpha value is -0.810. The fourth-order valence-electron chi connectivity index (χ4n) is 3.44. The fourth-order valence-corrected chi connectivity index (χ4v) is 3.44. The van der Waals surface area contributed by atoms with Crippen LogP contribution >= 0.6 is 12.4 Å². The highest BCUT2D eigenvalue weighted by molar-refractivity contribution is 5.89. The van der Waals surface area contributed by atoms with Gasteiger partial charge in [-0.3, -0.25) is 9.59 Å². The van der Waals surface area contributed by atoms with Gasteiger partial charge in [0, 0.05) is 25.6 Å². The average Bonchev–Trinajstić information content (AvgIpc) is 2.86. The van der Waals surface area contributed by atoms with Gasteiger partial charge in [0.15, 0.2) is 0 Å². The van der Waals surface area contributed by atoms with Crippen molar-refractivity contribution in [1.29, 1.82) is 0 Å². The lowest BCUT2D eigenvalue weighted by molar-refractivity contribution is -0.130. The number of hydrogen-bond acceptors (Lipinski definition) is 3. The molecule has 0 aromatic heterocycles. The predicted octanol–water partition coefficient (Wildman–Crippen LogP) is 1.69. The molecule has 2 rings (SSSR count). The third-order valence-corrected chi connectivity index (χ3v) is 4.89. The number of hydrogen-bond donors (Lipinski definition) is 2. The second-order valence-corrected chi connectivity index (χ2v) is 6.65.